The minimum atomic E-state index is -0.327. The molecule has 2 amide bonds. The van der Waals surface area contributed by atoms with E-state index >= 15 is 0 Å². The maximum atomic E-state index is 12.7. The molecular weight excluding hydrogens is 306 g/mol. The normalized spacial score (nSPS) is 15.0. The van der Waals surface area contributed by atoms with Crippen molar-refractivity contribution in [3.05, 3.63) is 35.5 Å². The number of amides is 2. The van der Waals surface area contributed by atoms with Gasteiger partial charge in [-0.3, -0.25) is 4.79 Å². The lowest BCUT2D eigenvalue weighted by atomic mass is 10.1. The first-order valence-electron chi connectivity index (χ1n) is 8.16. The van der Waals surface area contributed by atoms with Gasteiger partial charge in [-0.25, -0.2) is 4.79 Å². The monoisotopic (exact) mass is 329 g/mol. The first-order valence-corrected chi connectivity index (χ1v) is 8.16. The predicted octanol–water partition coefficient (Wildman–Crippen LogP) is 1.94. The van der Waals surface area contributed by atoms with E-state index in [4.69, 9.17) is 4.74 Å². The van der Waals surface area contributed by atoms with Gasteiger partial charge in [-0.1, -0.05) is 18.2 Å². The number of hydrogen-bond donors (Lipinski definition) is 0. The van der Waals surface area contributed by atoms with Crippen molar-refractivity contribution in [2.45, 2.75) is 13.3 Å². The van der Waals surface area contributed by atoms with Gasteiger partial charge in [-0.2, -0.15) is 0 Å². The van der Waals surface area contributed by atoms with Crippen LogP contribution >= 0.6 is 0 Å². The summed E-state index contributed by atoms with van der Waals surface area (Å²) in [6.07, 6.45) is 0.0674. The molecule has 6 nitrogen and oxygen atoms in total. The van der Waals surface area contributed by atoms with Crippen LogP contribution in [0.15, 0.2) is 24.3 Å². The van der Waals surface area contributed by atoms with Crippen molar-refractivity contribution in [3.63, 3.8) is 0 Å². The summed E-state index contributed by atoms with van der Waals surface area (Å²) in [5, 5.41) is 1.14. The Morgan fingerprint density at radius 2 is 1.71 bits per heavy atom. The van der Waals surface area contributed by atoms with E-state index in [0.29, 0.717) is 32.6 Å². The number of carbonyl (C=O) groups excluding carboxylic acids is 2. The first-order chi connectivity index (χ1) is 11.5. The molecule has 0 bridgehead atoms. The molecule has 6 heteroatoms. The second-order valence-electron chi connectivity index (χ2n) is 6.15. The van der Waals surface area contributed by atoms with Crippen LogP contribution in [0.1, 0.15) is 11.3 Å². The number of carbonyl (C=O) groups is 2. The molecular formula is C18H23N3O3. The number of hydrogen-bond acceptors (Lipinski definition) is 3. The fourth-order valence-corrected chi connectivity index (χ4v) is 3.35. The van der Waals surface area contributed by atoms with Crippen molar-refractivity contribution in [2.75, 3.05) is 33.3 Å². The summed E-state index contributed by atoms with van der Waals surface area (Å²) in [5.74, 6) is 0.110. The summed E-state index contributed by atoms with van der Waals surface area (Å²) < 4.78 is 6.86. The van der Waals surface area contributed by atoms with Gasteiger partial charge in [0, 0.05) is 49.8 Å². The summed E-state index contributed by atoms with van der Waals surface area (Å²) in [6, 6.07) is 8.16. The maximum absolute atomic E-state index is 12.7. The van der Waals surface area contributed by atoms with E-state index in [1.165, 1.54) is 7.11 Å². The van der Waals surface area contributed by atoms with Gasteiger partial charge < -0.3 is 19.1 Å². The Hall–Kier alpha value is -2.50. The van der Waals surface area contributed by atoms with E-state index < -0.39 is 0 Å². The zero-order chi connectivity index (χ0) is 17.3. The molecule has 0 unspecified atom stereocenters. The number of benzene rings is 1. The number of nitrogens with zero attached hydrogens (tertiary/aromatic N) is 3. The fourth-order valence-electron chi connectivity index (χ4n) is 3.35. The highest BCUT2D eigenvalue weighted by molar-refractivity contribution is 5.90. The molecule has 2 heterocycles. The number of aromatic nitrogens is 1. The van der Waals surface area contributed by atoms with Gasteiger partial charge in [0.25, 0.3) is 0 Å². The average molecular weight is 329 g/mol. The van der Waals surface area contributed by atoms with Gasteiger partial charge in [0.1, 0.15) is 0 Å². The Morgan fingerprint density at radius 1 is 1.08 bits per heavy atom. The molecule has 24 heavy (non-hydrogen) atoms. The zero-order valence-corrected chi connectivity index (χ0v) is 14.4. The standard InChI is InChI=1S/C18H23N3O3/c1-13-15(14-6-4-5-7-16(14)19(13)2)12-17(22)20-8-10-21(11-9-20)18(23)24-3/h4-7H,8-12H2,1-3H3. The van der Waals surface area contributed by atoms with E-state index in [9.17, 15) is 9.59 Å². The first kappa shape index (κ1) is 16.4. The zero-order valence-electron chi connectivity index (χ0n) is 14.4. The number of ether oxygens (including phenoxy) is 1. The van der Waals surface area contributed by atoms with Gasteiger partial charge in [0.15, 0.2) is 0 Å². The minimum absolute atomic E-state index is 0.110. The van der Waals surface area contributed by atoms with E-state index in [1.54, 1.807) is 4.90 Å². The number of rotatable bonds is 2. The van der Waals surface area contributed by atoms with E-state index in [2.05, 4.69) is 23.6 Å². The van der Waals surface area contributed by atoms with Crippen LogP contribution < -0.4 is 0 Å². The topological polar surface area (TPSA) is 54.8 Å². The van der Waals surface area contributed by atoms with Crippen LogP contribution in [0, 0.1) is 6.92 Å². The number of aryl methyl sites for hydroxylation is 1. The lowest BCUT2D eigenvalue weighted by molar-refractivity contribution is -0.132. The molecule has 0 radical (unpaired) electrons. The number of para-hydroxylation sites is 1. The predicted molar refractivity (Wildman–Crippen MR) is 91.9 cm³/mol. The van der Waals surface area contributed by atoms with Gasteiger partial charge in [-0.05, 0) is 18.6 Å². The molecule has 0 aliphatic carbocycles. The van der Waals surface area contributed by atoms with Crippen molar-refractivity contribution in [1.82, 2.24) is 14.4 Å². The Balaban J connectivity index is 1.73. The molecule has 1 aromatic carbocycles. The molecule has 3 rings (SSSR count). The summed E-state index contributed by atoms with van der Waals surface area (Å²) in [7, 11) is 3.41. The van der Waals surface area contributed by atoms with Crippen molar-refractivity contribution in [1.29, 1.82) is 0 Å². The van der Waals surface area contributed by atoms with Gasteiger partial charge in [0.05, 0.1) is 13.5 Å². The largest absolute Gasteiger partial charge is 0.453 e. The third-order valence-electron chi connectivity index (χ3n) is 4.92. The third-order valence-corrected chi connectivity index (χ3v) is 4.92. The Bertz CT molecular complexity index is 773. The molecule has 1 saturated heterocycles. The molecule has 1 aromatic heterocycles. The van der Waals surface area contributed by atoms with Crippen LogP contribution in [0.5, 0.6) is 0 Å². The number of fused-ring (bicyclic) bond motifs is 1. The molecule has 128 valence electrons. The van der Waals surface area contributed by atoms with Crippen molar-refractivity contribution in [2.24, 2.45) is 7.05 Å². The fraction of sp³-hybridized carbons (Fsp3) is 0.444. The van der Waals surface area contributed by atoms with Crippen molar-refractivity contribution >= 4 is 22.9 Å². The van der Waals surface area contributed by atoms with Crippen molar-refractivity contribution < 1.29 is 14.3 Å². The SMILES string of the molecule is COC(=O)N1CCN(C(=O)Cc2c(C)n(C)c3ccccc23)CC1. The van der Waals surface area contributed by atoms with Crippen LogP contribution in [-0.2, 0) is 23.0 Å². The molecule has 1 aliphatic heterocycles. The number of methoxy groups -OCH3 is 1. The Labute approximate surface area is 141 Å². The highest BCUT2D eigenvalue weighted by atomic mass is 16.5. The van der Waals surface area contributed by atoms with Gasteiger partial charge in [-0.15, -0.1) is 0 Å². The van der Waals surface area contributed by atoms with Crippen molar-refractivity contribution in [3.8, 4) is 0 Å². The molecule has 2 aromatic rings. The maximum Gasteiger partial charge on any atom is 0.409 e. The average Bonchev–Trinajstić information content (AvgIpc) is 2.86. The van der Waals surface area contributed by atoms with Crippen LogP contribution in [0.2, 0.25) is 0 Å². The summed E-state index contributed by atoms with van der Waals surface area (Å²) in [4.78, 5) is 27.7. The number of piperazine rings is 1. The van der Waals surface area contributed by atoms with E-state index in [1.807, 2.05) is 24.1 Å². The third kappa shape index (κ3) is 2.84. The van der Waals surface area contributed by atoms with Crippen LogP contribution in [0.4, 0.5) is 4.79 Å². The second kappa shape index (κ2) is 6.55. The molecule has 0 spiro atoms. The van der Waals surface area contributed by atoms with Crippen LogP contribution in [0.25, 0.3) is 10.9 Å². The Kier molecular flexibility index (Phi) is 4.46. The molecule has 0 saturated carbocycles. The summed E-state index contributed by atoms with van der Waals surface area (Å²) in [5.41, 5.74) is 3.36. The summed E-state index contributed by atoms with van der Waals surface area (Å²) in [6.45, 7) is 4.20. The Morgan fingerprint density at radius 3 is 2.38 bits per heavy atom. The molecule has 1 aliphatic rings. The smallest absolute Gasteiger partial charge is 0.409 e. The van der Waals surface area contributed by atoms with Crippen LogP contribution in [-0.4, -0.2) is 59.7 Å². The summed E-state index contributed by atoms with van der Waals surface area (Å²) >= 11 is 0. The minimum Gasteiger partial charge on any atom is -0.453 e. The quantitative estimate of drug-likeness (QED) is 0.846. The van der Waals surface area contributed by atoms with Gasteiger partial charge >= 0.3 is 6.09 Å². The van der Waals surface area contributed by atoms with Crippen LogP contribution in [0.3, 0.4) is 0 Å². The van der Waals surface area contributed by atoms with E-state index in [-0.39, 0.29) is 12.0 Å². The lowest BCUT2D eigenvalue weighted by Crippen LogP contribution is -2.51. The highest BCUT2D eigenvalue weighted by Gasteiger charge is 2.25. The molecule has 0 atom stereocenters. The second-order valence-corrected chi connectivity index (χ2v) is 6.15. The molecule has 1 fully saturated rings. The van der Waals surface area contributed by atoms with Gasteiger partial charge in [0.2, 0.25) is 5.91 Å². The molecule has 0 N–H and O–H groups in total. The lowest BCUT2D eigenvalue weighted by Gasteiger charge is -2.33. The highest BCUT2D eigenvalue weighted by Crippen LogP contribution is 2.25. The van der Waals surface area contributed by atoms with E-state index in [0.717, 1.165) is 22.2 Å².